The largest absolute Gasteiger partial charge is 0.382 e. The highest BCUT2D eigenvalue weighted by Gasteiger charge is 2.22. The number of nitrogen functional groups attached to an aromatic ring is 1. The van der Waals surface area contributed by atoms with Crippen LogP contribution >= 0.6 is 0 Å². The highest BCUT2D eigenvalue weighted by Crippen LogP contribution is 2.29. The Morgan fingerprint density at radius 3 is 2.48 bits per heavy atom. The second kappa shape index (κ2) is 14.5. The molecule has 2 aromatic heterocycles. The number of carbonyl (C=O) groups excluding carboxylic acids is 3. The van der Waals surface area contributed by atoms with E-state index in [0.29, 0.717) is 32.2 Å². The van der Waals surface area contributed by atoms with Crippen LogP contribution in [0.4, 0.5) is 5.82 Å². The molecule has 0 fully saturated rings. The molecule has 0 saturated carbocycles. The summed E-state index contributed by atoms with van der Waals surface area (Å²) in [6.07, 6.45) is 7.52. The summed E-state index contributed by atoms with van der Waals surface area (Å²) in [5.41, 5.74) is 8.94. The lowest BCUT2D eigenvalue weighted by atomic mass is 10.2. The molecule has 3 heterocycles. The van der Waals surface area contributed by atoms with Gasteiger partial charge in [-0.05, 0) is 25.3 Å². The summed E-state index contributed by atoms with van der Waals surface area (Å²) in [5, 5.41) is 4.01. The van der Waals surface area contributed by atoms with Gasteiger partial charge < -0.3 is 25.1 Å². The number of hydrogen-bond donors (Lipinski definition) is 2. The summed E-state index contributed by atoms with van der Waals surface area (Å²) in [5.74, 6) is 0.792. The van der Waals surface area contributed by atoms with Gasteiger partial charge in [0.05, 0.1) is 44.0 Å². The van der Waals surface area contributed by atoms with Crippen LogP contribution in [0.1, 0.15) is 44.9 Å². The SMILES string of the molecule is CCCCc1nc2c(N)nc3ccccc3c2n1CCCCNC(=O)CCOCCOCCN1C(=O)C=CC1=O. The molecule has 11 heteroatoms. The van der Waals surface area contributed by atoms with E-state index in [0.717, 1.165) is 71.3 Å². The number of pyridine rings is 1. The van der Waals surface area contributed by atoms with Crippen molar-refractivity contribution in [1.29, 1.82) is 0 Å². The number of imide groups is 1. The van der Waals surface area contributed by atoms with Crippen LogP contribution in [0, 0.1) is 0 Å². The van der Waals surface area contributed by atoms with Crippen molar-refractivity contribution in [2.24, 2.45) is 0 Å². The molecule has 1 aliphatic rings. The second-order valence-electron chi connectivity index (χ2n) is 9.69. The zero-order valence-corrected chi connectivity index (χ0v) is 23.1. The van der Waals surface area contributed by atoms with Crippen LogP contribution in [0.3, 0.4) is 0 Å². The Bertz CT molecular complexity index is 1350. The summed E-state index contributed by atoms with van der Waals surface area (Å²) in [7, 11) is 0. The van der Waals surface area contributed by atoms with Crippen LogP contribution in [0.5, 0.6) is 0 Å². The van der Waals surface area contributed by atoms with Crippen molar-refractivity contribution >= 4 is 45.5 Å². The van der Waals surface area contributed by atoms with Gasteiger partial charge in [0, 0.05) is 43.5 Å². The molecular weight excluding hydrogens is 512 g/mol. The van der Waals surface area contributed by atoms with Gasteiger partial charge >= 0.3 is 0 Å². The van der Waals surface area contributed by atoms with E-state index in [-0.39, 0.29) is 37.3 Å². The van der Waals surface area contributed by atoms with Crippen molar-refractivity contribution < 1.29 is 23.9 Å². The number of anilines is 1. The average molecular weight is 551 g/mol. The average Bonchev–Trinajstić information content (AvgIpc) is 3.48. The smallest absolute Gasteiger partial charge is 0.253 e. The lowest BCUT2D eigenvalue weighted by Crippen LogP contribution is -2.33. The molecule has 3 amide bonds. The van der Waals surface area contributed by atoms with Gasteiger partial charge in [0.15, 0.2) is 5.82 Å². The molecule has 0 saturated heterocycles. The molecule has 3 aromatic rings. The lowest BCUT2D eigenvalue weighted by molar-refractivity contribution is -0.137. The van der Waals surface area contributed by atoms with Gasteiger partial charge in [-0.1, -0.05) is 31.5 Å². The summed E-state index contributed by atoms with van der Waals surface area (Å²) in [4.78, 5) is 45.6. The van der Waals surface area contributed by atoms with Gasteiger partial charge in [0.1, 0.15) is 11.3 Å². The molecule has 214 valence electrons. The van der Waals surface area contributed by atoms with E-state index >= 15 is 0 Å². The maximum absolute atomic E-state index is 12.2. The quantitative estimate of drug-likeness (QED) is 0.193. The van der Waals surface area contributed by atoms with Crippen molar-refractivity contribution in [2.75, 3.05) is 45.3 Å². The monoisotopic (exact) mass is 550 g/mol. The van der Waals surface area contributed by atoms with Crippen molar-refractivity contribution in [3.05, 3.63) is 42.2 Å². The van der Waals surface area contributed by atoms with Gasteiger partial charge in [-0.15, -0.1) is 0 Å². The topological polar surface area (TPSA) is 142 Å². The van der Waals surface area contributed by atoms with E-state index in [2.05, 4.69) is 27.9 Å². The molecule has 0 unspecified atom stereocenters. The molecule has 0 atom stereocenters. The summed E-state index contributed by atoms with van der Waals surface area (Å²) in [6.45, 7) is 4.97. The lowest BCUT2D eigenvalue weighted by Gasteiger charge is -2.13. The normalized spacial score (nSPS) is 13.3. The van der Waals surface area contributed by atoms with E-state index in [1.165, 1.54) is 12.2 Å². The molecule has 1 aromatic carbocycles. The van der Waals surface area contributed by atoms with Crippen molar-refractivity contribution in [3.63, 3.8) is 0 Å². The van der Waals surface area contributed by atoms with Gasteiger partial charge in [-0.3, -0.25) is 19.3 Å². The number of nitrogens with two attached hydrogens (primary N) is 1. The molecule has 40 heavy (non-hydrogen) atoms. The maximum atomic E-state index is 12.2. The molecular formula is C29H38N6O5. The third kappa shape index (κ3) is 7.42. The summed E-state index contributed by atoms with van der Waals surface area (Å²) >= 11 is 0. The number of imidazole rings is 1. The van der Waals surface area contributed by atoms with E-state index in [1.54, 1.807) is 0 Å². The highest BCUT2D eigenvalue weighted by atomic mass is 16.5. The first-order valence-electron chi connectivity index (χ1n) is 14.0. The van der Waals surface area contributed by atoms with Crippen molar-refractivity contribution in [2.45, 2.75) is 52.0 Å². The fourth-order valence-corrected chi connectivity index (χ4v) is 4.68. The predicted molar refractivity (Wildman–Crippen MR) is 152 cm³/mol. The fourth-order valence-electron chi connectivity index (χ4n) is 4.68. The number of para-hydroxylation sites is 1. The number of hydrogen-bond acceptors (Lipinski definition) is 8. The van der Waals surface area contributed by atoms with Crippen LogP contribution in [0.25, 0.3) is 21.9 Å². The molecule has 0 bridgehead atoms. The molecule has 4 rings (SSSR count). The number of aryl methyl sites for hydroxylation is 2. The number of ether oxygens (including phenoxy) is 2. The first kappa shape index (κ1) is 29.2. The first-order valence-corrected chi connectivity index (χ1v) is 14.0. The number of benzene rings is 1. The van der Waals surface area contributed by atoms with E-state index in [9.17, 15) is 14.4 Å². The first-order chi connectivity index (χ1) is 19.5. The Labute approximate surface area is 233 Å². The van der Waals surface area contributed by atoms with Crippen molar-refractivity contribution in [3.8, 4) is 0 Å². The molecule has 1 aliphatic heterocycles. The number of nitrogens with zero attached hydrogens (tertiary/aromatic N) is 4. The summed E-state index contributed by atoms with van der Waals surface area (Å²) in [6, 6.07) is 8.01. The maximum Gasteiger partial charge on any atom is 0.253 e. The van der Waals surface area contributed by atoms with E-state index < -0.39 is 0 Å². The number of fused-ring (bicyclic) bond motifs is 3. The number of aromatic nitrogens is 3. The Kier molecular flexibility index (Phi) is 10.6. The van der Waals surface area contributed by atoms with Gasteiger partial charge in [-0.2, -0.15) is 0 Å². The zero-order chi connectivity index (χ0) is 28.3. The minimum absolute atomic E-state index is 0.0546. The van der Waals surface area contributed by atoms with Crippen LogP contribution in [0.15, 0.2) is 36.4 Å². The molecule has 0 aliphatic carbocycles. The minimum Gasteiger partial charge on any atom is -0.382 e. The Morgan fingerprint density at radius 2 is 1.70 bits per heavy atom. The Morgan fingerprint density at radius 1 is 0.950 bits per heavy atom. The standard InChI is InChI=1S/C29H38N6O5/c1-2-3-10-23-33-27-28(21-8-4-5-9-22(21)32-29(27)30)34(23)15-7-6-14-31-24(36)13-17-39-19-20-40-18-16-35-25(37)11-12-26(35)38/h4-5,8-9,11-12H,2-3,6-7,10,13-20H2,1H3,(H2,30,32)(H,31,36). The number of nitrogens with one attached hydrogen (secondary N) is 1. The van der Waals surface area contributed by atoms with Crippen molar-refractivity contribution in [1.82, 2.24) is 24.8 Å². The highest BCUT2D eigenvalue weighted by molar-refractivity contribution is 6.12. The number of unbranched alkanes of at least 4 members (excludes halogenated alkanes) is 2. The van der Waals surface area contributed by atoms with Gasteiger partial charge in [0.25, 0.3) is 11.8 Å². The third-order valence-corrected chi connectivity index (χ3v) is 6.78. The third-order valence-electron chi connectivity index (χ3n) is 6.78. The van der Waals surface area contributed by atoms with Crippen LogP contribution in [-0.2, 0) is 36.8 Å². The Hall–Kier alpha value is -3.83. The number of amides is 3. The Balaban J connectivity index is 1.14. The summed E-state index contributed by atoms with van der Waals surface area (Å²) < 4.78 is 13.1. The van der Waals surface area contributed by atoms with Crippen LogP contribution in [0.2, 0.25) is 0 Å². The van der Waals surface area contributed by atoms with Crippen LogP contribution < -0.4 is 11.1 Å². The second-order valence-corrected chi connectivity index (χ2v) is 9.69. The molecule has 11 nitrogen and oxygen atoms in total. The van der Waals surface area contributed by atoms with E-state index in [4.69, 9.17) is 20.2 Å². The molecule has 3 N–H and O–H groups in total. The predicted octanol–water partition coefficient (Wildman–Crippen LogP) is 2.75. The van der Waals surface area contributed by atoms with Crippen LogP contribution in [-0.4, -0.2) is 76.7 Å². The van der Waals surface area contributed by atoms with E-state index in [1.807, 2.05) is 18.2 Å². The number of rotatable bonds is 17. The minimum atomic E-state index is -0.320. The fraction of sp³-hybridized carbons (Fsp3) is 0.483. The number of carbonyl (C=O) groups is 3. The van der Waals surface area contributed by atoms with Gasteiger partial charge in [-0.25, -0.2) is 9.97 Å². The molecule has 0 radical (unpaired) electrons. The molecule has 0 spiro atoms. The van der Waals surface area contributed by atoms with Gasteiger partial charge in [0.2, 0.25) is 5.91 Å². The zero-order valence-electron chi connectivity index (χ0n) is 23.1.